The van der Waals surface area contributed by atoms with Crippen molar-refractivity contribution in [2.45, 2.75) is 18.6 Å². The number of hydrogen-bond donors (Lipinski definition) is 2. The van der Waals surface area contributed by atoms with Crippen LogP contribution in [0.3, 0.4) is 0 Å². The Balaban J connectivity index is 1.97. The maximum Gasteiger partial charge on any atom is 0.305 e. The van der Waals surface area contributed by atoms with Gasteiger partial charge in [0.1, 0.15) is 5.25 Å². The molecule has 0 unspecified atom stereocenters. The fourth-order valence-corrected chi connectivity index (χ4v) is 2.46. The molecule has 20 heavy (non-hydrogen) atoms. The Morgan fingerprint density at radius 2 is 2.15 bits per heavy atom. The van der Waals surface area contributed by atoms with E-state index in [0.29, 0.717) is 5.17 Å². The van der Waals surface area contributed by atoms with E-state index in [9.17, 15) is 9.59 Å². The molecule has 0 spiro atoms. The Morgan fingerprint density at radius 3 is 2.80 bits per heavy atom. The van der Waals surface area contributed by atoms with Crippen LogP contribution in [0.2, 0.25) is 0 Å². The SMILES string of the molecule is Cc1ccc(/C=N\N=C2/NC(=O)[C@@H](CC(=O)O)S2)cc1. The molecule has 0 saturated carbocycles. The molecule has 1 aliphatic heterocycles. The molecule has 0 aromatic heterocycles. The number of carboxylic acids is 1. The van der Waals surface area contributed by atoms with Gasteiger partial charge < -0.3 is 10.4 Å². The lowest BCUT2D eigenvalue weighted by atomic mass is 10.2. The molecule has 7 heteroatoms. The van der Waals surface area contributed by atoms with Gasteiger partial charge in [0, 0.05) is 0 Å². The molecule has 2 N–H and O–H groups in total. The van der Waals surface area contributed by atoms with Crippen LogP contribution in [0.5, 0.6) is 0 Å². The maximum absolute atomic E-state index is 11.5. The maximum atomic E-state index is 11.5. The second-order valence-electron chi connectivity index (χ2n) is 4.25. The first-order chi connectivity index (χ1) is 9.54. The Kier molecular flexibility index (Phi) is 4.52. The largest absolute Gasteiger partial charge is 0.481 e. The van der Waals surface area contributed by atoms with E-state index in [-0.39, 0.29) is 12.3 Å². The predicted molar refractivity (Wildman–Crippen MR) is 78.0 cm³/mol. The number of nitrogens with zero attached hydrogens (tertiary/aromatic N) is 2. The van der Waals surface area contributed by atoms with Crippen molar-refractivity contribution < 1.29 is 14.7 Å². The molecule has 104 valence electrons. The molecule has 1 aromatic rings. The lowest BCUT2D eigenvalue weighted by molar-refractivity contribution is -0.138. The van der Waals surface area contributed by atoms with Crippen LogP contribution >= 0.6 is 11.8 Å². The molecular formula is C13H13N3O3S. The average Bonchev–Trinajstić information content (AvgIpc) is 2.72. The van der Waals surface area contributed by atoms with Crippen LogP contribution in [0, 0.1) is 6.92 Å². The third-order valence-corrected chi connectivity index (χ3v) is 3.64. The Hall–Kier alpha value is -2.15. The molecule has 2 rings (SSSR count). The first-order valence-electron chi connectivity index (χ1n) is 5.91. The number of rotatable bonds is 4. The van der Waals surface area contributed by atoms with Crippen molar-refractivity contribution >= 4 is 35.0 Å². The monoisotopic (exact) mass is 291 g/mol. The fraction of sp³-hybridized carbons (Fsp3) is 0.231. The molecule has 1 saturated heterocycles. The van der Waals surface area contributed by atoms with Crippen LogP contribution in [-0.4, -0.2) is 33.6 Å². The Morgan fingerprint density at radius 1 is 1.45 bits per heavy atom. The minimum Gasteiger partial charge on any atom is -0.481 e. The summed E-state index contributed by atoms with van der Waals surface area (Å²) < 4.78 is 0. The van der Waals surface area contributed by atoms with Crippen LogP contribution < -0.4 is 5.32 Å². The van der Waals surface area contributed by atoms with Gasteiger partial charge in [-0.25, -0.2) is 0 Å². The molecule has 1 amide bonds. The lowest BCUT2D eigenvalue weighted by Gasteiger charge is -1.97. The number of benzene rings is 1. The number of aryl methyl sites for hydroxylation is 1. The number of hydrogen-bond acceptors (Lipinski definition) is 5. The van der Waals surface area contributed by atoms with E-state index < -0.39 is 11.2 Å². The van der Waals surface area contributed by atoms with E-state index in [1.165, 1.54) is 0 Å². The molecule has 1 heterocycles. The summed E-state index contributed by atoms with van der Waals surface area (Å²) in [7, 11) is 0. The van der Waals surface area contributed by atoms with Crippen molar-refractivity contribution in [3.63, 3.8) is 0 Å². The van der Waals surface area contributed by atoms with Crippen molar-refractivity contribution in [2.24, 2.45) is 10.2 Å². The van der Waals surface area contributed by atoms with Crippen LogP contribution in [0.4, 0.5) is 0 Å². The smallest absolute Gasteiger partial charge is 0.305 e. The zero-order chi connectivity index (χ0) is 14.5. The van der Waals surface area contributed by atoms with E-state index in [1.54, 1.807) is 6.21 Å². The molecule has 0 radical (unpaired) electrons. The topological polar surface area (TPSA) is 91.1 Å². The molecule has 1 aromatic carbocycles. The van der Waals surface area contributed by atoms with Crippen molar-refractivity contribution in [3.05, 3.63) is 35.4 Å². The molecule has 1 atom stereocenters. The normalized spacial score (nSPS) is 20.6. The first-order valence-corrected chi connectivity index (χ1v) is 6.79. The van der Waals surface area contributed by atoms with Gasteiger partial charge in [-0.2, -0.15) is 5.10 Å². The number of amidine groups is 1. The number of aliphatic carboxylic acids is 1. The molecule has 1 aliphatic rings. The lowest BCUT2D eigenvalue weighted by Crippen LogP contribution is -2.26. The van der Waals surface area contributed by atoms with Crippen LogP contribution in [-0.2, 0) is 9.59 Å². The summed E-state index contributed by atoms with van der Waals surface area (Å²) in [5, 5.41) is 18.6. The number of carboxylic acid groups (broad SMARTS) is 1. The summed E-state index contributed by atoms with van der Waals surface area (Å²) >= 11 is 1.08. The average molecular weight is 291 g/mol. The van der Waals surface area contributed by atoms with E-state index in [0.717, 1.165) is 22.9 Å². The molecule has 1 fully saturated rings. The van der Waals surface area contributed by atoms with Crippen molar-refractivity contribution in [3.8, 4) is 0 Å². The number of nitrogens with one attached hydrogen (secondary N) is 1. The summed E-state index contributed by atoms with van der Waals surface area (Å²) in [5.74, 6) is -1.36. The van der Waals surface area contributed by atoms with Crippen molar-refractivity contribution in [2.75, 3.05) is 0 Å². The quantitative estimate of drug-likeness (QED) is 0.648. The number of amides is 1. The van der Waals surface area contributed by atoms with Crippen molar-refractivity contribution in [1.29, 1.82) is 0 Å². The van der Waals surface area contributed by atoms with E-state index in [2.05, 4.69) is 15.5 Å². The van der Waals surface area contributed by atoms with E-state index in [4.69, 9.17) is 5.11 Å². The summed E-state index contributed by atoms with van der Waals surface area (Å²) in [5.41, 5.74) is 2.06. The van der Waals surface area contributed by atoms with Gasteiger partial charge in [-0.05, 0) is 12.5 Å². The van der Waals surface area contributed by atoms with E-state index >= 15 is 0 Å². The molecule has 0 aliphatic carbocycles. The number of carbonyl (C=O) groups is 2. The van der Waals surface area contributed by atoms with Crippen LogP contribution in [0.15, 0.2) is 34.5 Å². The van der Waals surface area contributed by atoms with Gasteiger partial charge in [0.2, 0.25) is 5.91 Å². The summed E-state index contributed by atoms with van der Waals surface area (Å²) in [6, 6.07) is 7.74. The zero-order valence-corrected chi connectivity index (χ0v) is 11.6. The standard InChI is InChI=1S/C13H13N3O3S/c1-8-2-4-9(5-3-8)7-14-16-13-15-12(19)10(20-13)6-11(17)18/h2-5,7,10H,6H2,1H3,(H,17,18)(H,15,16,19)/b14-7-/t10-/m1/s1. The molecule has 0 bridgehead atoms. The molecule has 6 nitrogen and oxygen atoms in total. The third-order valence-electron chi connectivity index (χ3n) is 2.57. The minimum absolute atomic E-state index is 0.225. The summed E-state index contributed by atoms with van der Waals surface area (Å²) in [4.78, 5) is 22.0. The number of carbonyl (C=O) groups excluding carboxylic acids is 1. The second kappa shape index (κ2) is 6.33. The second-order valence-corrected chi connectivity index (χ2v) is 5.45. The van der Waals surface area contributed by atoms with Crippen LogP contribution in [0.1, 0.15) is 17.5 Å². The van der Waals surface area contributed by atoms with Gasteiger partial charge in [0.05, 0.1) is 12.6 Å². The van der Waals surface area contributed by atoms with Gasteiger partial charge in [0.15, 0.2) is 5.17 Å². The Labute approximate surface area is 120 Å². The van der Waals surface area contributed by atoms with Crippen molar-refractivity contribution in [1.82, 2.24) is 5.32 Å². The van der Waals surface area contributed by atoms with Crippen LogP contribution in [0.25, 0.3) is 0 Å². The summed E-state index contributed by atoms with van der Waals surface area (Å²) in [6.45, 7) is 1.99. The highest BCUT2D eigenvalue weighted by molar-refractivity contribution is 8.15. The zero-order valence-electron chi connectivity index (χ0n) is 10.7. The van der Waals surface area contributed by atoms with Gasteiger partial charge in [-0.3, -0.25) is 9.59 Å². The van der Waals surface area contributed by atoms with E-state index in [1.807, 2.05) is 31.2 Å². The fourth-order valence-electron chi connectivity index (χ4n) is 1.55. The molecular weight excluding hydrogens is 278 g/mol. The third kappa shape index (κ3) is 3.92. The summed E-state index contributed by atoms with van der Waals surface area (Å²) in [6.07, 6.45) is 1.35. The minimum atomic E-state index is -1.01. The van der Waals surface area contributed by atoms with Gasteiger partial charge in [-0.15, -0.1) is 5.10 Å². The van der Waals surface area contributed by atoms with Gasteiger partial charge in [-0.1, -0.05) is 41.6 Å². The Bertz CT molecular complexity index is 581. The highest BCUT2D eigenvalue weighted by Gasteiger charge is 2.32. The highest BCUT2D eigenvalue weighted by atomic mass is 32.2. The first kappa shape index (κ1) is 14.3. The predicted octanol–water partition coefficient (Wildman–Crippen LogP) is 1.39. The number of thioether (sulfide) groups is 1. The van der Waals surface area contributed by atoms with Gasteiger partial charge in [0.25, 0.3) is 0 Å². The highest BCUT2D eigenvalue weighted by Crippen LogP contribution is 2.22. The van der Waals surface area contributed by atoms with Gasteiger partial charge >= 0.3 is 5.97 Å².